The monoisotopic (exact) mass is 322 g/mol. The van der Waals surface area contributed by atoms with E-state index in [4.69, 9.17) is 16.1 Å². The number of hydrogen-bond acceptors (Lipinski definition) is 4. The predicted molar refractivity (Wildman–Crippen MR) is 84.5 cm³/mol. The molecule has 118 valence electrons. The molecule has 0 saturated heterocycles. The Morgan fingerprint density at radius 2 is 2.05 bits per heavy atom. The van der Waals surface area contributed by atoms with E-state index in [-0.39, 0.29) is 18.6 Å². The molecule has 2 rings (SSSR count). The quantitative estimate of drug-likeness (QED) is 0.916. The van der Waals surface area contributed by atoms with Crippen LogP contribution in [0, 0.1) is 0 Å². The highest BCUT2D eigenvalue weighted by atomic mass is 35.5. The second kappa shape index (κ2) is 7.26. The van der Waals surface area contributed by atoms with Gasteiger partial charge in [0.15, 0.2) is 0 Å². The minimum atomic E-state index is -0.149. The zero-order valence-corrected chi connectivity index (χ0v) is 13.6. The molecular weight excluding hydrogens is 304 g/mol. The summed E-state index contributed by atoms with van der Waals surface area (Å²) in [7, 11) is 0. The molecule has 7 heteroatoms. The molecule has 0 saturated carbocycles. The number of nitrogens with one attached hydrogen (secondary N) is 1. The van der Waals surface area contributed by atoms with Gasteiger partial charge in [0.1, 0.15) is 6.54 Å². The summed E-state index contributed by atoms with van der Waals surface area (Å²) in [6.07, 6.45) is 0. The Kier molecular flexibility index (Phi) is 5.38. The number of aromatic nitrogens is 2. The maximum Gasteiger partial charge on any atom is 0.318 e. The third-order valence-corrected chi connectivity index (χ3v) is 3.34. The average Bonchev–Trinajstić information content (AvgIpc) is 2.94. The fourth-order valence-corrected chi connectivity index (χ4v) is 2.05. The molecule has 0 atom stereocenters. The Balaban J connectivity index is 2.13. The van der Waals surface area contributed by atoms with Gasteiger partial charge < -0.3 is 14.7 Å². The lowest BCUT2D eigenvalue weighted by Crippen LogP contribution is -2.43. The first-order valence-electron chi connectivity index (χ1n) is 7.14. The molecule has 0 aliphatic rings. The fourth-order valence-electron chi connectivity index (χ4n) is 1.92. The normalized spacial score (nSPS) is 10.8. The van der Waals surface area contributed by atoms with Crippen LogP contribution in [0.15, 0.2) is 28.8 Å². The summed E-state index contributed by atoms with van der Waals surface area (Å²) in [5, 5.41) is 7.37. The van der Waals surface area contributed by atoms with E-state index in [2.05, 4.69) is 15.5 Å². The number of halogens is 1. The summed E-state index contributed by atoms with van der Waals surface area (Å²) in [5.74, 6) is 0.871. The molecule has 6 nitrogen and oxygen atoms in total. The van der Waals surface area contributed by atoms with Gasteiger partial charge in [0.2, 0.25) is 11.7 Å². The molecule has 22 heavy (non-hydrogen) atoms. The van der Waals surface area contributed by atoms with Crippen molar-refractivity contribution in [2.75, 3.05) is 6.54 Å². The standard InChI is InChI=1S/C15H19ClN4O2/c1-4-17-15(21)20(10(2)3)9-13-18-14(19-22-13)11-5-7-12(16)8-6-11/h5-8,10H,4,9H2,1-3H3,(H,17,21). The van der Waals surface area contributed by atoms with Crippen LogP contribution < -0.4 is 5.32 Å². The van der Waals surface area contributed by atoms with Gasteiger partial charge in [-0.25, -0.2) is 4.79 Å². The van der Waals surface area contributed by atoms with E-state index in [9.17, 15) is 4.79 Å². The van der Waals surface area contributed by atoms with Crippen molar-refractivity contribution in [2.24, 2.45) is 0 Å². The first-order chi connectivity index (χ1) is 10.5. The average molecular weight is 323 g/mol. The molecule has 0 fully saturated rings. The maximum atomic E-state index is 12.0. The molecule has 0 bridgehead atoms. The van der Waals surface area contributed by atoms with E-state index in [1.807, 2.05) is 32.9 Å². The molecular formula is C15H19ClN4O2. The highest BCUT2D eigenvalue weighted by Crippen LogP contribution is 2.19. The number of rotatable bonds is 5. The van der Waals surface area contributed by atoms with Crippen LogP contribution in [0.25, 0.3) is 11.4 Å². The molecule has 0 radical (unpaired) electrons. The van der Waals surface area contributed by atoms with Crippen molar-refractivity contribution < 1.29 is 9.32 Å². The van der Waals surface area contributed by atoms with Crippen LogP contribution in [-0.4, -0.2) is 33.7 Å². The fraction of sp³-hybridized carbons (Fsp3) is 0.400. The predicted octanol–water partition coefficient (Wildman–Crippen LogP) is 3.33. The molecule has 1 N–H and O–H groups in total. The van der Waals surface area contributed by atoms with Crippen molar-refractivity contribution in [1.29, 1.82) is 0 Å². The van der Waals surface area contributed by atoms with Crippen molar-refractivity contribution in [3.63, 3.8) is 0 Å². The van der Waals surface area contributed by atoms with Crippen LogP contribution >= 0.6 is 11.6 Å². The molecule has 2 amide bonds. The molecule has 1 aromatic carbocycles. The lowest BCUT2D eigenvalue weighted by atomic mass is 10.2. The molecule has 1 aromatic heterocycles. The van der Waals surface area contributed by atoms with Crippen LogP contribution in [0.2, 0.25) is 5.02 Å². The summed E-state index contributed by atoms with van der Waals surface area (Å²) in [4.78, 5) is 18.0. The summed E-state index contributed by atoms with van der Waals surface area (Å²) in [6, 6.07) is 7.05. The van der Waals surface area contributed by atoms with Crippen LogP contribution in [0.1, 0.15) is 26.7 Å². The van der Waals surface area contributed by atoms with Crippen molar-refractivity contribution >= 4 is 17.6 Å². The minimum Gasteiger partial charge on any atom is -0.338 e. The third-order valence-electron chi connectivity index (χ3n) is 3.09. The van der Waals surface area contributed by atoms with Crippen molar-refractivity contribution in [1.82, 2.24) is 20.4 Å². The lowest BCUT2D eigenvalue weighted by Gasteiger charge is -2.24. The molecule has 1 heterocycles. The zero-order chi connectivity index (χ0) is 16.1. The van der Waals surface area contributed by atoms with Gasteiger partial charge in [0, 0.05) is 23.2 Å². The van der Waals surface area contributed by atoms with Crippen LogP contribution in [0.3, 0.4) is 0 Å². The topological polar surface area (TPSA) is 71.3 Å². The van der Waals surface area contributed by atoms with E-state index < -0.39 is 0 Å². The van der Waals surface area contributed by atoms with E-state index >= 15 is 0 Å². The molecule has 0 spiro atoms. The number of urea groups is 1. The van der Waals surface area contributed by atoms with Gasteiger partial charge in [0.05, 0.1) is 0 Å². The Hall–Kier alpha value is -2.08. The first kappa shape index (κ1) is 16.3. The summed E-state index contributed by atoms with van der Waals surface area (Å²) < 4.78 is 5.24. The van der Waals surface area contributed by atoms with Gasteiger partial charge in [-0.15, -0.1) is 0 Å². The Morgan fingerprint density at radius 3 is 2.64 bits per heavy atom. The smallest absolute Gasteiger partial charge is 0.318 e. The van der Waals surface area contributed by atoms with Crippen LogP contribution in [0.4, 0.5) is 4.79 Å². The lowest BCUT2D eigenvalue weighted by molar-refractivity contribution is 0.170. The van der Waals surface area contributed by atoms with E-state index in [0.717, 1.165) is 5.56 Å². The summed E-state index contributed by atoms with van der Waals surface area (Å²) in [6.45, 7) is 6.59. The Bertz CT molecular complexity index is 625. The van der Waals surface area contributed by atoms with E-state index in [1.54, 1.807) is 17.0 Å². The molecule has 2 aromatic rings. The second-order valence-electron chi connectivity index (χ2n) is 5.08. The van der Waals surface area contributed by atoms with E-state index in [1.165, 1.54) is 0 Å². The van der Waals surface area contributed by atoms with Gasteiger partial charge in [-0.2, -0.15) is 4.98 Å². The number of benzene rings is 1. The third kappa shape index (κ3) is 3.98. The van der Waals surface area contributed by atoms with E-state index in [0.29, 0.717) is 23.3 Å². The zero-order valence-electron chi connectivity index (χ0n) is 12.8. The number of amides is 2. The van der Waals surface area contributed by atoms with Crippen molar-refractivity contribution in [3.8, 4) is 11.4 Å². The number of carbonyl (C=O) groups excluding carboxylic acids is 1. The highest BCUT2D eigenvalue weighted by molar-refractivity contribution is 6.30. The summed E-state index contributed by atoms with van der Waals surface area (Å²) >= 11 is 5.86. The number of carbonyl (C=O) groups is 1. The minimum absolute atomic E-state index is 0.0254. The van der Waals surface area contributed by atoms with Gasteiger partial charge in [-0.05, 0) is 45.0 Å². The van der Waals surface area contributed by atoms with Gasteiger partial charge in [0.25, 0.3) is 0 Å². The Labute approximate surface area is 134 Å². The van der Waals surface area contributed by atoms with Gasteiger partial charge >= 0.3 is 6.03 Å². The Morgan fingerprint density at radius 1 is 1.36 bits per heavy atom. The first-order valence-corrected chi connectivity index (χ1v) is 7.52. The highest BCUT2D eigenvalue weighted by Gasteiger charge is 2.20. The maximum absolute atomic E-state index is 12.0. The molecule has 0 aliphatic carbocycles. The van der Waals surface area contributed by atoms with Crippen LogP contribution in [0.5, 0.6) is 0 Å². The second-order valence-corrected chi connectivity index (χ2v) is 5.51. The van der Waals surface area contributed by atoms with Crippen LogP contribution in [-0.2, 0) is 6.54 Å². The molecule has 0 unspecified atom stereocenters. The SMILES string of the molecule is CCNC(=O)N(Cc1nc(-c2ccc(Cl)cc2)no1)C(C)C. The molecule has 0 aliphatic heterocycles. The number of nitrogens with zero attached hydrogens (tertiary/aromatic N) is 3. The van der Waals surface area contributed by atoms with Crippen molar-refractivity contribution in [2.45, 2.75) is 33.4 Å². The summed E-state index contributed by atoms with van der Waals surface area (Å²) in [5.41, 5.74) is 0.813. The largest absolute Gasteiger partial charge is 0.338 e. The van der Waals surface area contributed by atoms with Crippen molar-refractivity contribution in [3.05, 3.63) is 35.2 Å². The van der Waals surface area contributed by atoms with Gasteiger partial charge in [-0.1, -0.05) is 16.8 Å². The number of hydrogen-bond donors (Lipinski definition) is 1. The van der Waals surface area contributed by atoms with Gasteiger partial charge in [-0.3, -0.25) is 0 Å².